The fourth-order valence-electron chi connectivity index (χ4n) is 2.10. The molecule has 106 valence electrons. The molecule has 0 saturated heterocycles. The van der Waals surface area contributed by atoms with Gasteiger partial charge in [-0.2, -0.15) is 5.10 Å². The summed E-state index contributed by atoms with van der Waals surface area (Å²) in [5.74, 6) is -1.72. The number of amides is 1. The minimum absolute atomic E-state index is 0.202. The number of hydrogen-bond acceptors (Lipinski definition) is 3. The summed E-state index contributed by atoms with van der Waals surface area (Å²) in [6, 6.07) is 6.40. The molecule has 0 aliphatic carbocycles. The highest BCUT2D eigenvalue weighted by Gasteiger charge is 2.26. The van der Waals surface area contributed by atoms with E-state index in [9.17, 15) is 9.59 Å². The van der Waals surface area contributed by atoms with Gasteiger partial charge in [-0.3, -0.25) is 9.48 Å². The van der Waals surface area contributed by atoms with Crippen LogP contribution in [0.2, 0.25) is 0 Å². The Morgan fingerprint density at radius 2 is 1.95 bits per heavy atom. The van der Waals surface area contributed by atoms with Crippen LogP contribution in [0.25, 0.3) is 10.9 Å². The van der Waals surface area contributed by atoms with E-state index >= 15 is 0 Å². The van der Waals surface area contributed by atoms with Crippen LogP contribution in [-0.4, -0.2) is 32.8 Å². The van der Waals surface area contributed by atoms with Crippen LogP contribution in [0.1, 0.15) is 24.3 Å². The molecule has 0 saturated carbocycles. The van der Waals surface area contributed by atoms with Crippen molar-refractivity contribution in [3.05, 3.63) is 30.0 Å². The Morgan fingerprint density at radius 3 is 2.55 bits per heavy atom. The largest absolute Gasteiger partial charge is 0.480 e. The van der Waals surface area contributed by atoms with Crippen molar-refractivity contribution in [1.82, 2.24) is 15.1 Å². The number of fused-ring (bicyclic) bond motifs is 1. The van der Waals surface area contributed by atoms with Crippen LogP contribution < -0.4 is 5.32 Å². The second-order valence-electron chi connectivity index (χ2n) is 5.02. The third-order valence-corrected chi connectivity index (χ3v) is 3.19. The molecule has 0 aliphatic heterocycles. The zero-order valence-electron chi connectivity index (χ0n) is 11.6. The van der Waals surface area contributed by atoms with E-state index in [1.54, 1.807) is 31.6 Å². The number of hydrogen-bond donors (Lipinski definition) is 2. The number of nitrogens with one attached hydrogen (secondary N) is 1. The van der Waals surface area contributed by atoms with Crippen LogP contribution in [0.4, 0.5) is 0 Å². The standard InChI is InChI=1S/C14H17N3O3/c1-8(2)11(14(19)20)15-13(18)12-9-6-4-5-7-10(9)17(3)16-12/h4-8,11H,1-3H3,(H,15,18)(H,19,20). The number of aryl methyl sites for hydroxylation is 1. The summed E-state index contributed by atoms with van der Waals surface area (Å²) >= 11 is 0. The number of carbonyl (C=O) groups excluding carboxylic acids is 1. The highest BCUT2D eigenvalue weighted by Crippen LogP contribution is 2.17. The third-order valence-electron chi connectivity index (χ3n) is 3.19. The van der Waals surface area contributed by atoms with Crippen LogP contribution in [-0.2, 0) is 11.8 Å². The zero-order valence-corrected chi connectivity index (χ0v) is 11.6. The number of carboxylic acids is 1. The van der Waals surface area contributed by atoms with E-state index in [1.807, 2.05) is 18.2 Å². The van der Waals surface area contributed by atoms with Crippen LogP contribution >= 0.6 is 0 Å². The monoisotopic (exact) mass is 275 g/mol. The highest BCUT2D eigenvalue weighted by atomic mass is 16.4. The molecule has 6 heteroatoms. The molecular weight excluding hydrogens is 258 g/mol. The van der Waals surface area contributed by atoms with Crippen LogP contribution in [0, 0.1) is 5.92 Å². The molecule has 1 aromatic heterocycles. The number of carboxylic acid groups (broad SMARTS) is 1. The summed E-state index contributed by atoms with van der Waals surface area (Å²) in [4.78, 5) is 23.4. The number of rotatable bonds is 4. The molecule has 1 atom stereocenters. The topological polar surface area (TPSA) is 84.2 Å². The molecule has 0 fully saturated rings. The molecule has 0 spiro atoms. The van der Waals surface area contributed by atoms with E-state index in [0.29, 0.717) is 5.39 Å². The first-order chi connectivity index (χ1) is 9.41. The lowest BCUT2D eigenvalue weighted by atomic mass is 10.0. The van der Waals surface area contributed by atoms with Gasteiger partial charge in [-0.1, -0.05) is 32.0 Å². The van der Waals surface area contributed by atoms with Gasteiger partial charge in [0.1, 0.15) is 6.04 Å². The first-order valence-corrected chi connectivity index (χ1v) is 6.37. The molecule has 2 rings (SSSR count). The number of carbonyl (C=O) groups is 2. The maximum absolute atomic E-state index is 12.2. The summed E-state index contributed by atoms with van der Waals surface area (Å²) in [6.45, 7) is 3.49. The van der Waals surface area contributed by atoms with Gasteiger partial charge in [0.2, 0.25) is 0 Å². The predicted octanol–water partition coefficient (Wildman–Crippen LogP) is 1.41. The van der Waals surface area contributed by atoms with Gasteiger partial charge in [0.15, 0.2) is 5.69 Å². The van der Waals surface area contributed by atoms with Crippen LogP contribution in [0.15, 0.2) is 24.3 Å². The van der Waals surface area contributed by atoms with E-state index in [4.69, 9.17) is 5.11 Å². The van der Waals surface area contributed by atoms with Gasteiger partial charge in [-0.25, -0.2) is 4.79 Å². The number of benzene rings is 1. The normalized spacial score (nSPS) is 12.6. The number of aromatic nitrogens is 2. The SMILES string of the molecule is CC(C)C(NC(=O)c1nn(C)c2ccccc12)C(=O)O. The Morgan fingerprint density at radius 1 is 1.30 bits per heavy atom. The van der Waals surface area contributed by atoms with Crippen molar-refractivity contribution < 1.29 is 14.7 Å². The lowest BCUT2D eigenvalue weighted by Gasteiger charge is -2.17. The van der Waals surface area contributed by atoms with Crippen molar-refractivity contribution >= 4 is 22.8 Å². The van der Waals surface area contributed by atoms with Crippen LogP contribution in [0.3, 0.4) is 0 Å². The smallest absolute Gasteiger partial charge is 0.326 e. The summed E-state index contributed by atoms with van der Waals surface area (Å²) in [7, 11) is 1.75. The van der Waals surface area contributed by atoms with Gasteiger partial charge in [0.25, 0.3) is 5.91 Å². The molecule has 0 radical (unpaired) electrons. The first kappa shape index (κ1) is 14.0. The Labute approximate surface area is 116 Å². The summed E-state index contributed by atoms with van der Waals surface area (Å²) in [6.07, 6.45) is 0. The van der Waals surface area contributed by atoms with E-state index in [0.717, 1.165) is 5.52 Å². The van der Waals surface area contributed by atoms with Crippen molar-refractivity contribution in [3.63, 3.8) is 0 Å². The molecule has 2 N–H and O–H groups in total. The van der Waals surface area contributed by atoms with E-state index in [-0.39, 0.29) is 11.6 Å². The highest BCUT2D eigenvalue weighted by molar-refractivity contribution is 6.05. The van der Waals surface area contributed by atoms with Crippen molar-refractivity contribution in [3.8, 4) is 0 Å². The Bertz CT molecular complexity index is 661. The van der Waals surface area contributed by atoms with E-state index in [1.165, 1.54) is 0 Å². The first-order valence-electron chi connectivity index (χ1n) is 6.37. The third kappa shape index (κ3) is 2.49. The van der Waals surface area contributed by atoms with Gasteiger partial charge in [0, 0.05) is 12.4 Å². The lowest BCUT2D eigenvalue weighted by molar-refractivity contribution is -0.140. The molecule has 2 aromatic rings. The number of para-hydroxylation sites is 1. The Balaban J connectivity index is 2.34. The average Bonchev–Trinajstić information content (AvgIpc) is 2.73. The fraction of sp³-hybridized carbons (Fsp3) is 0.357. The predicted molar refractivity (Wildman–Crippen MR) is 74.4 cm³/mol. The molecule has 1 aromatic carbocycles. The molecule has 0 bridgehead atoms. The van der Waals surface area contributed by atoms with E-state index < -0.39 is 17.9 Å². The molecule has 20 heavy (non-hydrogen) atoms. The number of aliphatic carboxylic acids is 1. The summed E-state index contributed by atoms with van der Waals surface area (Å²) in [5, 5.41) is 16.5. The molecule has 1 amide bonds. The lowest BCUT2D eigenvalue weighted by Crippen LogP contribution is -2.44. The summed E-state index contributed by atoms with van der Waals surface area (Å²) in [5.41, 5.74) is 1.07. The van der Waals surface area contributed by atoms with Crippen molar-refractivity contribution in [2.75, 3.05) is 0 Å². The van der Waals surface area contributed by atoms with Gasteiger partial charge in [-0.15, -0.1) is 0 Å². The maximum Gasteiger partial charge on any atom is 0.326 e. The van der Waals surface area contributed by atoms with Gasteiger partial charge in [0.05, 0.1) is 5.52 Å². The van der Waals surface area contributed by atoms with Gasteiger partial charge < -0.3 is 10.4 Å². The van der Waals surface area contributed by atoms with Gasteiger partial charge in [-0.05, 0) is 12.0 Å². The number of nitrogens with zero attached hydrogens (tertiary/aromatic N) is 2. The minimum atomic E-state index is -1.05. The molecule has 6 nitrogen and oxygen atoms in total. The summed E-state index contributed by atoms with van der Waals surface area (Å²) < 4.78 is 1.61. The zero-order chi connectivity index (χ0) is 14.9. The van der Waals surface area contributed by atoms with Crippen molar-refractivity contribution in [2.24, 2.45) is 13.0 Å². The Hall–Kier alpha value is -2.37. The molecule has 1 unspecified atom stereocenters. The second kappa shape index (κ2) is 5.32. The quantitative estimate of drug-likeness (QED) is 0.883. The van der Waals surface area contributed by atoms with Crippen molar-refractivity contribution in [2.45, 2.75) is 19.9 Å². The molecule has 1 heterocycles. The fourth-order valence-corrected chi connectivity index (χ4v) is 2.10. The van der Waals surface area contributed by atoms with Gasteiger partial charge >= 0.3 is 5.97 Å². The average molecular weight is 275 g/mol. The Kier molecular flexibility index (Phi) is 3.74. The van der Waals surface area contributed by atoms with Crippen LogP contribution in [0.5, 0.6) is 0 Å². The second-order valence-corrected chi connectivity index (χ2v) is 5.02. The maximum atomic E-state index is 12.2. The molecule has 0 aliphatic rings. The van der Waals surface area contributed by atoms with Crippen molar-refractivity contribution in [1.29, 1.82) is 0 Å². The van der Waals surface area contributed by atoms with E-state index in [2.05, 4.69) is 10.4 Å². The minimum Gasteiger partial charge on any atom is -0.480 e. The molecular formula is C14H17N3O3.